The molecule has 2 rings (SSSR count). The van der Waals surface area contributed by atoms with Crippen LogP contribution in [-0.4, -0.2) is 46.2 Å². The molecule has 4 N–H and O–H groups in total. The van der Waals surface area contributed by atoms with Crippen LogP contribution in [0, 0.1) is 0 Å². The van der Waals surface area contributed by atoms with Crippen LogP contribution in [-0.2, 0) is 12.3 Å². The third-order valence-corrected chi connectivity index (χ3v) is 3.99. The topological polar surface area (TPSA) is 99.9 Å². The summed E-state index contributed by atoms with van der Waals surface area (Å²) in [6.45, 7) is 1.62. The molecule has 0 atom stereocenters. The van der Waals surface area contributed by atoms with Gasteiger partial charge in [-0.1, -0.05) is 0 Å². The Bertz CT molecular complexity index is 688. The molecule has 23 heavy (non-hydrogen) atoms. The first-order chi connectivity index (χ1) is 11.0. The number of nitrogen functional groups attached to an aromatic ring is 1. The first-order valence-electron chi connectivity index (χ1n) is 7.29. The lowest BCUT2D eigenvalue weighted by atomic mass is 10.2. The van der Waals surface area contributed by atoms with E-state index in [9.17, 15) is 4.79 Å². The molecular formula is C15H22N6OS. The molecule has 8 heteroatoms. The molecule has 0 aliphatic carbocycles. The Morgan fingerprint density at radius 1 is 1.39 bits per heavy atom. The van der Waals surface area contributed by atoms with Crippen LogP contribution in [0.5, 0.6) is 0 Å². The number of aromatic amines is 1. The lowest BCUT2D eigenvalue weighted by molar-refractivity contribution is 0.402. The first kappa shape index (κ1) is 17.3. The summed E-state index contributed by atoms with van der Waals surface area (Å²) in [4.78, 5) is 24.5. The van der Waals surface area contributed by atoms with Gasteiger partial charge in [-0.05, 0) is 31.8 Å². The zero-order valence-electron chi connectivity index (χ0n) is 13.4. The first-order valence-corrected chi connectivity index (χ1v) is 8.45. The van der Waals surface area contributed by atoms with Crippen molar-refractivity contribution in [2.24, 2.45) is 0 Å². The van der Waals surface area contributed by atoms with E-state index in [1.807, 2.05) is 12.3 Å². The van der Waals surface area contributed by atoms with Gasteiger partial charge < -0.3 is 16.0 Å². The quantitative estimate of drug-likeness (QED) is 0.623. The average molecular weight is 334 g/mol. The van der Waals surface area contributed by atoms with Crippen molar-refractivity contribution in [1.29, 1.82) is 0 Å². The Kier molecular flexibility index (Phi) is 6.42. The fourth-order valence-electron chi connectivity index (χ4n) is 1.98. The van der Waals surface area contributed by atoms with Crippen LogP contribution in [0.2, 0.25) is 0 Å². The van der Waals surface area contributed by atoms with Gasteiger partial charge in [0.05, 0.1) is 11.9 Å². The number of thioether (sulfide) groups is 1. The summed E-state index contributed by atoms with van der Waals surface area (Å²) < 4.78 is 0. The standard InChI is InChI=1S/C15H22N6OS/c1-21(2)9-11-3-4-17-12(7-11)10-23-6-5-18-15-19-8-13(16)14(22)20-15/h3-4,7-8H,5-6,9-10,16H2,1-2H3,(H2,18,19,20,22). The van der Waals surface area contributed by atoms with E-state index >= 15 is 0 Å². The second kappa shape index (κ2) is 8.54. The van der Waals surface area contributed by atoms with Crippen molar-refractivity contribution in [3.63, 3.8) is 0 Å². The third-order valence-electron chi connectivity index (χ3n) is 3.00. The van der Waals surface area contributed by atoms with Crippen molar-refractivity contribution >= 4 is 23.4 Å². The van der Waals surface area contributed by atoms with Crippen molar-refractivity contribution < 1.29 is 0 Å². The van der Waals surface area contributed by atoms with E-state index in [0.29, 0.717) is 12.5 Å². The highest BCUT2D eigenvalue weighted by Gasteiger charge is 2.01. The summed E-state index contributed by atoms with van der Waals surface area (Å²) in [5.41, 5.74) is 7.56. The van der Waals surface area contributed by atoms with Crippen LogP contribution in [0.15, 0.2) is 29.3 Å². The predicted octanol–water partition coefficient (Wildman–Crippen LogP) is 1.15. The van der Waals surface area contributed by atoms with Crippen molar-refractivity contribution in [2.45, 2.75) is 12.3 Å². The maximum atomic E-state index is 11.3. The van der Waals surface area contributed by atoms with Crippen LogP contribution in [0.1, 0.15) is 11.3 Å². The van der Waals surface area contributed by atoms with Crippen LogP contribution < -0.4 is 16.6 Å². The predicted molar refractivity (Wildman–Crippen MR) is 95.5 cm³/mol. The molecule has 7 nitrogen and oxygen atoms in total. The molecule has 0 fully saturated rings. The molecule has 0 aromatic carbocycles. The summed E-state index contributed by atoms with van der Waals surface area (Å²) in [5, 5.41) is 3.07. The molecule has 2 aromatic heterocycles. The van der Waals surface area contributed by atoms with Crippen LogP contribution in [0.25, 0.3) is 0 Å². The van der Waals surface area contributed by atoms with Gasteiger partial charge in [-0.15, -0.1) is 0 Å². The summed E-state index contributed by atoms with van der Waals surface area (Å²) in [5.74, 6) is 2.18. The van der Waals surface area contributed by atoms with Crippen LogP contribution in [0.4, 0.5) is 11.6 Å². The molecule has 0 bridgehead atoms. The number of hydrogen-bond acceptors (Lipinski definition) is 7. The maximum absolute atomic E-state index is 11.3. The Hall–Kier alpha value is -2.06. The van der Waals surface area contributed by atoms with E-state index in [2.05, 4.69) is 45.3 Å². The second-order valence-corrected chi connectivity index (χ2v) is 6.49. The minimum atomic E-state index is -0.322. The SMILES string of the molecule is CN(C)Cc1ccnc(CSCCNc2ncc(N)c(=O)[nH]2)c1. The zero-order valence-corrected chi connectivity index (χ0v) is 14.2. The van der Waals surface area contributed by atoms with Gasteiger partial charge in [0.25, 0.3) is 5.56 Å². The molecule has 0 saturated heterocycles. The smallest absolute Gasteiger partial charge is 0.275 e. The highest BCUT2D eigenvalue weighted by molar-refractivity contribution is 7.98. The number of nitrogens with one attached hydrogen (secondary N) is 2. The molecule has 0 aliphatic rings. The van der Waals surface area contributed by atoms with Crippen molar-refractivity contribution in [3.8, 4) is 0 Å². The maximum Gasteiger partial charge on any atom is 0.275 e. The van der Waals surface area contributed by atoms with Gasteiger partial charge in [-0.25, -0.2) is 4.98 Å². The number of anilines is 2. The number of rotatable bonds is 8. The normalized spacial score (nSPS) is 10.9. The lowest BCUT2D eigenvalue weighted by Gasteiger charge is -2.10. The van der Waals surface area contributed by atoms with E-state index in [4.69, 9.17) is 5.73 Å². The van der Waals surface area contributed by atoms with E-state index in [1.54, 1.807) is 11.8 Å². The van der Waals surface area contributed by atoms with Crippen molar-refractivity contribution in [1.82, 2.24) is 19.9 Å². The minimum absolute atomic E-state index is 0.119. The molecule has 0 saturated carbocycles. The molecule has 2 aromatic rings. The van der Waals surface area contributed by atoms with E-state index < -0.39 is 0 Å². The Balaban J connectivity index is 1.73. The molecule has 0 aliphatic heterocycles. The highest BCUT2D eigenvalue weighted by atomic mass is 32.2. The lowest BCUT2D eigenvalue weighted by Crippen LogP contribution is -2.16. The number of nitrogens with zero attached hydrogens (tertiary/aromatic N) is 3. The minimum Gasteiger partial charge on any atom is -0.393 e. The molecule has 0 spiro atoms. The summed E-state index contributed by atoms with van der Waals surface area (Å²) in [6.07, 6.45) is 3.21. The Labute approximate surface area is 139 Å². The third kappa shape index (κ3) is 5.91. The van der Waals surface area contributed by atoms with Gasteiger partial charge in [0.1, 0.15) is 5.69 Å². The molecular weight excluding hydrogens is 312 g/mol. The van der Waals surface area contributed by atoms with E-state index in [-0.39, 0.29) is 11.2 Å². The second-order valence-electron chi connectivity index (χ2n) is 5.39. The molecule has 0 unspecified atom stereocenters. The zero-order chi connectivity index (χ0) is 16.7. The summed E-state index contributed by atoms with van der Waals surface area (Å²) in [6, 6.07) is 4.18. The summed E-state index contributed by atoms with van der Waals surface area (Å²) >= 11 is 1.78. The van der Waals surface area contributed by atoms with Crippen molar-refractivity contribution in [3.05, 3.63) is 46.1 Å². The van der Waals surface area contributed by atoms with Crippen LogP contribution in [0.3, 0.4) is 0 Å². The number of nitrogens with two attached hydrogens (primary N) is 1. The molecule has 2 heterocycles. The van der Waals surface area contributed by atoms with Gasteiger partial charge in [-0.2, -0.15) is 11.8 Å². The Morgan fingerprint density at radius 2 is 2.22 bits per heavy atom. The van der Waals surface area contributed by atoms with Gasteiger partial charge in [0.15, 0.2) is 0 Å². The van der Waals surface area contributed by atoms with E-state index in [1.165, 1.54) is 11.8 Å². The monoisotopic (exact) mass is 334 g/mol. The molecule has 124 valence electrons. The fourth-order valence-corrected chi connectivity index (χ4v) is 2.74. The molecule has 0 amide bonds. The van der Waals surface area contributed by atoms with Gasteiger partial charge in [-0.3, -0.25) is 14.8 Å². The average Bonchev–Trinajstić information content (AvgIpc) is 2.50. The highest BCUT2D eigenvalue weighted by Crippen LogP contribution is 2.12. The summed E-state index contributed by atoms with van der Waals surface area (Å²) in [7, 11) is 4.10. The van der Waals surface area contributed by atoms with Gasteiger partial charge in [0.2, 0.25) is 5.95 Å². The van der Waals surface area contributed by atoms with E-state index in [0.717, 1.165) is 23.7 Å². The fraction of sp³-hybridized carbons (Fsp3) is 0.400. The van der Waals surface area contributed by atoms with Crippen LogP contribution >= 0.6 is 11.8 Å². The van der Waals surface area contributed by atoms with Gasteiger partial charge in [0, 0.05) is 30.8 Å². The molecule has 0 radical (unpaired) electrons. The van der Waals surface area contributed by atoms with Crippen molar-refractivity contribution in [2.75, 3.05) is 37.4 Å². The number of hydrogen-bond donors (Lipinski definition) is 3. The number of H-pyrrole nitrogens is 1. The van der Waals surface area contributed by atoms with Gasteiger partial charge >= 0.3 is 0 Å². The number of aromatic nitrogens is 3. The number of pyridine rings is 1. The Morgan fingerprint density at radius 3 is 2.96 bits per heavy atom. The largest absolute Gasteiger partial charge is 0.393 e.